The van der Waals surface area contributed by atoms with Crippen LogP contribution in [0.5, 0.6) is 0 Å². The quantitative estimate of drug-likeness (QED) is 0.667. The van der Waals surface area contributed by atoms with E-state index in [0.717, 1.165) is 0 Å². The van der Waals surface area contributed by atoms with Crippen LogP contribution in [0.4, 0.5) is 0 Å². The van der Waals surface area contributed by atoms with Gasteiger partial charge >= 0.3 is 5.97 Å². The third-order valence-electron chi connectivity index (χ3n) is 8.81. The van der Waals surface area contributed by atoms with Crippen molar-refractivity contribution in [2.45, 2.75) is 64.4 Å². The van der Waals surface area contributed by atoms with Crippen molar-refractivity contribution in [3.63, 3.8) is 0 Å². The number of Topliss-reactive ketones (excluding diaryl/α,β-unsaturated/α-hetero) is 1. The van der Waals surface area contributed by atoms with Crippen molar-refractivity contribution in [2.24, 2.45) is 34.5 Å². The molecule has 10 atom stereocenters. The zero-order chi connectivity index (χ0) is 21.5. The Balaban J connectivity index is 1.96. The lowest BCUT2D eigenvalue weighted by Crippen LogP contribution is -2.77. The van der Waals surface area contributed by atoms with Gasteiger partial charge in [-0.2, -0.15) is 0 Å². The molecule has 0 aromatic carbocycles. The molecule has 7 heteroatoms. The minimum atomic E-state index is -1.44. The summed E-state index contributed by atoms with van der Waals surface area (Å²) in [6, 6.07) is 0. The molecule has 0 spiro atoms. The molecule has 0 bridgehead atoms. The fourth-order valence-electron chi connectivity index (χ4n) is 7.60. The second kappa shape index (κ2) is 6.28. The van der Waals surface area contributed by atoms with E-state index in [-0.39, 0.29) is 30.0 Å². The number of ether oxygens (including phenoxy) is 3. The molecule has 4 aliphatic rings. The lowest BCUT2D eigenvalue weighted by atomic mass is 9.37. The number of carbonyl (C=O) groups is 2. The molecule has 7 nitrogen and oxygen atoms in total. The van der Waals surface area contributed by atoms with Gasteiger partial charge in [0, 0.05) is 29.8 Å². The number of fused-ring (bicyclic) bond motifs is 2. The van der Waals surface area contributed by atoms with Crippen LogP contribution in [0, 0.1) is 34.5 Å². The Hall–Kier alpha value is -1.44. The molecule has 3 fully saturated rings. The van der Waals surface area contributed by atoms with Gasteiger partial charge in [-0.1, -0.05) is 20.8 Å². The molecular formula is C22H32O7. The number of allylic oxidation sites excluding steroid dienone is 2. The number of ketones is 1. The molecule has 1 saturated heterocycles. The van der Waals surface area contributed by atoms with E-state index in [0.29, 0.717) is 12.2 Å². The Morgan fingerprint density at radius 1 is 1.21 bits per heavy atom. The topological polar surface area (TPSA) is 102 Å². The van der Waals surface area contributed by atoms with Gasteiger partial charge in [-0.3, -0.25) is 9.59 Å². The number of rotatable bonds is 2. The molecule has 0 amide bonds. The van der Waals surface area contributed by atoms with E-state index in [9.17, 15) is 19.8 Å². The zero-order valence-electron chi connectivity index (χ0n) is 18.0. The average molecular weight is 408 g/mol. The molecule has 4 rings (SSSR count). The highest BCUT2D eigenvalue weighted by Gasteiger charge is 2.75. The van der Waals surface area contributed by atoms with Gasteiger partial charge in [0.2, 0.25) is 5.78 Å². The van der Waals surface area contributed by atoms with Crippen molar-refractivity contribution in [1.29, 1.82) is 0 Å². The number of hydrogen-bond donors (Lipinski definition) is 2. The molecule has 0 radical (unpaired) electrons. The van der Waals surface area contributed by atoms with E-state index in [1.54, 1.807) is 6.92 Å². The molecule has 1 aliphatic heterocycles. The third kappa shape index (κ3) is 2.35. The van der Waals surface area contributed by atoms with Gasteiger partial charge in [0.15, 0.2) is 5.76 Å². The van der Waals surface area contributed by atoms with Crippen molar-refractivity contribution in [3.05, 3.63) is 11.8 Å². The molecule has 2 N–H and O–H groups in total. The van der Waals surface area contributed by atoms with E-state index in [2.05, 4.69) is 0 Å². The summed E-state index contributed by atoms with van der Waals surface area (Å²) in [5.74, 6) is -1.37. The van der Waals surface area contributed by atoms with Crippen molar-refractivity contribution in [1.82, 2.24) is 0 Å². The number of aliphatic hydroxyl groups is 2. The molecule has 0 aromatic rings. The average Bonchev–Trinajstić information content (AvgIpc) is 2.63. The summed E-state index contributed by atoms with van der Waals surface area (Å²) in [6.45, 7) is 7.50. The van der Waals surface area contributed by atoms with E-state index in [1.165, 1.54) is 14.2 Å². The summed E-state index contributed by atoms with van der Waals surface area (Å²) in [4.78, 5) is 26.1. The van der Waals surface area contributed by atoms with Crippen LogP contribution in [0.25, 0.3) is 0 Å². The van der Waals surface area contributed by atoms with E-state index >= 15 is 0 Å². The molecule has 162 valence electrons. The predicted molar refractivity (Wildman–Crippen MR) is 102 cm³/mol. The summed E-state index contributed by atoms with van der Waals surface area (Å²) in [7, 11) is 2.93. The van der Waals surface area contributed by atoms with Gasteiger partial charge in [-0.25, -0.2) is 0 Å². The maximum absolute atomic E-state index is 13.6. The second-order valence-corrected chi connectivity index (χ2v) is 10.00. The van der Waals surface area contributed by atoms with Crippen molar-refractivity contribution < 1.29 is 34.0 Å². The van der Waals surface area contributed by atoms with Crippen LogP contribution in [0.1, 0.15) is 40.5 Å². The fraction of sp³-hybridized carbons (Fsp3) is 0.818. The monoisotopic (exact) mass is 408 g/mol. The van der Waals surface area contributed by atoms with Crippen LogP contribution in [0.2, 0.25) is 0 Å². The van der Waals surface area contributed by atoms with Crippen LogP contribution < -0.4 is 0 Å². The molecule has 1 heterocycles. The number of methoxy groups -OCH3 is 2. The summed E-state index contributed by atoms with van der Waals surface area (Å²) in [5, 5.41) is 22.9. The largest absolute Gasteiger partial charge is 0.493 e. The standard InChI is InChI=1S/C22H32O7/c1-10-7-12(27-5)18(25)20(2)11(10)8-14-21(3)13(9-15(23)29-14)22(4,26)19(28-6)16(24)17(20)21/h7,10-11,13-14,16-17,19,24,26H,8-9H2,1-6H3/t10-,11+,13?,14-,16+,17-,19?,20+,21-,22+/m1/s1. The number of hydrogen-bond acceptors (Lipinski definition) is 7. The summed E-state index contributed by atoms with van der Waals surface area (Å²) >= 11 is 0. The molecule has 29 heavy (non-hydrogen) atoms. The number of esters is 1. The van der Waals surface area contributed by atoms with Crippen LogP contribution in [0.3, 0.4) is 0 Å². The first-order valence-electron chi connectivity index (χ1n) is 10.4. The highest BCUT2D eigenvalue weighted by atomic mass is 16.5. The first kappa shape index (κ1) is 20.8. The van der Waals surface area contributed by atoms with Crippen LogP contribution in [0.15, 0.2) is 11.8 Å². The summed E-state index contributed by atoms with van der Waals surface area (Å²) in [5.41, 5.74) is -3.15. The molecule has 2 saturated carbocycles. The van der Waals surface area contributed by atoms with Gasteiger partial charge < -0.3 is 24.4 Å². The maximum atomic E-state index is 13.6. The zero-order valence-corrected chi connectivity index (χ0v) is 18.0. The normalized spacial score (nSPS) is 54.1. The number of carbonyl (C=O) groups excluding carboxylic acids is 2. The van der Waals surface area contributed by atoms with Crippen molar-refractivity contribution in [3.8, 4) is 0 Å². The van der Waals surface area contributed by atoms with Crippen LogP contribution >= 0.6 is 0 Å². The first-order chi connectivity index (χ1) is 13.4. The first-order valence-corrected chi connectivity index (χ1v) is 10.4. The van der Waals surface area contributed by atoms with E-state index in [4.69, 9.17) is 14.2 Å². The molecular weight excluding hydrogens is 376 g/mol. The van der Waals surface area contributed by atoms with Crippen molar-refractivity contribution in [2.75, 3.05) is 14.2 Å². The fourth-order valence-corrected chi connectivity index (χ4v) is 7.60. The SMILES string of the molecule is COC1=C[C@@H](C)[C@@H]2C[C@H]3OC(=O)CC4[C@](C)(O)C(OC)[C@@H](O)[C@H]([C@@]2(C)C1=O)[C@]43C. The third-order valence-corrected chi connectivity index (χ3v) is 8.81. The lowest BCUT2D eigenvalue weighted by Gasteiger charge is -2.69. The summed E-state index contributed by atoms with van der Waals surface area (Å²) in [6.07, 6.45) is -0.141. The highest BCUT2D eigenvalue weighted by Crippen LogP contribution is 2.68. The minimum absolute atomic E-state index is 0.00640. The minimum Gasteiger partial charge on any atom is -0.493 e. The van der Waals surface area contributed by atoms with Gasteiger partial charge in [0.25, 0.3) is 0 Å². The maximum Gasteiger partial charge on any atom is 0.306 e. The Bertz CT molecular complexity index is 773. The van der Waals surface area contributed by atoms with Gasteiger partial charge in [-0.05, 0) is 31.3 Å². The van der Waals surface area contributed by atoms with Gasteiger partial charge in [0.1, 0.15) is 12.2 Å². The van der Waals surface area contributed by atoms with Crippen LogP contribution in [-0.2, 0) is 23.8 Å². The van der Waals surface area contributed by atoms with Crippen molar-refractivity contribution >= 4 is 11.8 Å². The van der Waals surface area contributed by atoms with Gasteiger partial charge in [-0.15, -0.1) is 0 Å². The molecule has 3 aliphatic carbocycles. The van der Waals surface area contributed by atoms with E-state index < -0.39 is 46.6 Å². The number of aliphatic hydroxyl groups excluding tert-OH is 1. The lowest BCUT2D eigenvalue weighted by molar-refractivity contribution is -0.315. The molecule has 0 aromatic heterocycles. The van der Waals surface area contributed by atoms with Gasteiger partial charge in [0.05, 0.1) is 25.2 Å². The van der Waals surface area contributed by atoms with E-state index in [1.807, 2.05) is 26.8 Å². The Labute approximate surface area is 171 Å². The second-order valence-electron chi connectivity index (χ2n) is 10.00. The Morgan fingerprint density at radius 3 is 2.45 bits per heavy atom. The predicted octanol–water partition coefficient (Wildman–Crippen LogP) is 1.46. The Morgan fingerprint density at radius 2 is 1.86 bits per heavy atom. The van der Waals surface area contributed by atoms with Crippen LogP contribution in [-0.4, -0.2) is 60.1 Å². The smallest absolute Gasteiger partial charge is 0.306 e. The molecule has 2 unspecified atom stereocenters. The summed E-state index contributed by atoms with van der Waals surface area (Å²) < 4.78 is 16.8. The highest BCUT2D eigenvalue weighted by molar-refractivity contribution is 5.99. The Kier molecular flexibility index (Phi) is 4.51.